The van der Waals surface area contributed by atoms with Crippen LogP contribution in [0.5, 0.6) is 5.75 Å². The van der Waals surface area contributed by atoms with Gasteiger partial charge in [0.1, 0.15) is 16.9 Å². The van der Waals surface area contributed by atoms with Crippen molar-refractivity contribution in [2.45, 2.75) is 23.8 Å². The van der Waals surface area contributed by atoms with E-state index >= 15 is 0 Å². The first-order valence-electron chi connectivity index (χ1n) is 10.0. The SMILES string of the molecule is CCN(CC)c1ccc2cc(C3(S(=O)(=O)O)Nc4cc(S(=O)(=O)ON)ccc4O3)c(=O)oc2c1. The predicted octanol–water partition coefficient (Wildman–Crippen LogP) is 1.72. The number of benzene rings is 2. The summed E-state index contributed by atoms with van der Waals surface area (Å²) < 4.78 is 73.7. The molecule has 182 valence electrons. The van der Waals surface area contributed by atoms with Crippen molar-refractivity contribution in [1.29, 1.82) is 0 Å². The maximum Gasteiger partial charge on any atom is 0.346 e. The van der Waals surface area contributed by atoms with Gasteiger partial charge in [-0.3, -0.25) is 4.55 Å². The van der Waals surface area contributed by atoms with Crippen LogP contribution < -0.4 is 26.5 Å². The van der Waals surface area contributed by atoms with E-state index in [1.165, 1.54) is 6.07 Å². The lowest BCUT2D eigenvalue weighted by Gasteiger charge is -2.25. The molecular formula is C20H21N3O9S2. The van der Waals surface area contributed by atoms with Gasteiger partial charge >= 0.3 is 30.9 Å². The number of hydrogen-bond acceptors (Lipinski definition) is 11. The third-order valence-corrected chi connectivity index (χ3v) is 7.70. The van der Waals surface area contributed by atoms with Gasteiger partial charge in [-0.1, -0.05) is 0 Å². The lowest BCUT2D eigenvalue weighted by atomic mass is 10.1. The fourth-order valence-corrected chi connectivity index (χ4v) is 5.22. The zero-order valence-corrected chi connectivity index (χ0v) is 19.6. The van der Waals surface area contributed by atoms with Crippen molar-refractivity contribution in [2.75, 3.05) is 23.3 Å². The normalized spacial score (nSPS) is 17.8. The van der Waals surface area contributed by atoms with E-state index in [-0.39, 0.29) is 17.0 Å². The molecule has 0 spiro atoms. The second-order valence-corrected chi connectivity index (χ2v) is 10.5. The number of fused-ring (bicyclic) bond motifs is 2. The summed E-state index contributed by atoms with van der Waals surface area (Å²) in [7, 11) is -9.49. The molecule has 1 aliphatic rings. The van der Waals surface area contributed by atoms with Gasteiger partial charge in [0.2, 0.25) is 0 Å². The highest BCUT2D eigenvalue weighted by atomic mass is 32.2. The van der Waals surface area contributed by atoms with Gasteiger partial charge in [-0.15, -0.1) is 0 Å². The monoisotopic (exact) mass is 511 g/mol. The molecule has 1 unspecified atom stereocenters. The quantitative estimate of drug-likeness (QED) is 0.238. The van der Waals surface area contributed by atoms with Gasteiger partial charge in [-0.05, 0) is 50.2 Å². The van der Waals surface area contributed by atoms with Crippen LogP contribution in [0.15, 0.2) is 56.6 Å². The highest BCUT2D eigenvalue weighted by Gasteiger charge is 2.55. The molecule has 1 aromatic heterocycles. The molecule has 0 amide bonds. The van der Waals surface area contributed by atoms with E-state index in [9.17, 15) is 26.2 Å². The Morgan fingerprint density at radius 1 is 1.09 bits per heavy atom. The molecule has 34 heavy (non-hydrogen) atoms. The van der Waals surface area contributed by atoms with Crippen LogP contribution in [0.1, 0.15) is 19.4 Å². The summed E-state index contributed by atoms with van der Waals surface area (Å²) in [6.07, 6.45) is 0. The lowest BCUT2D eigenvalue weighted by Crippen LogP contribution is -2.48. The Balaban J connectivity index is 1.87. The Morgan fingerprint density at radius 3 is 2.41 bits per heavy atom. The minimum atomic E-state index is -5.17. The fraction of sp³-hybridized carbons (Fsp3) is 0.250. The van der Waals surface area contributed by atoms with Crippen LogP contribution in [-0.4, -0.2) is 34.5 Å². The molecule has 0 saturated heterocycles. The molecule has 0 radical (unpaired) electrons. The summed E-state index contributed by atoms with van der Waals surface area (Å²) in [6.45, 7) is 5.39. The van der Waals surface area contributed by atoms with Crippen LogP contribution >= 0.6 is 0 Å². The van der Waals surface area contributed by atoms with E-state index in [0.29, 0.717) is 5.39 Å². The van der Waals surface area contributed by atoms with Gasteiger partial charge in [0.05, 0.1) is 10.6 Å². The van der Waals surface area contributed by atoms with E-state index in [1.54, 1.807) is 18.2 Å². The predicted molar refractivity (Wildman–Crippen MR) is 122 cm³/mol. The summed E-state index contributed by atoms with van der Waals surface area (Å²) >= 11 is 0. The average Bonchev–Trinajstić information content (AvgIpc) is 3.19. The third-order valence-electron chi connectivity index (χ3n) is 5.49. The second kappa shape index (κ2) is 8.25. The van der Waals surface area contributed by atoms with Crippen molar-refractivity contribution in [3.05, 3.63) is 58.4 Å². The van der Waals surface area contributed by atoms with Gasteiger partial charge in [-0.2, -0.15) is 27.0 Å². The van der Waals surface area contributed by atoms with Crippen molar-refractivity contribution < 1.29 is 34.8 Å². The Labute approximate surface area is 194 Å². The zero-order chi connectivity index (χ0) is 24.9. The maximum absolute atomic E-state index is 12.9. The standard InChI is InChI=1S/C20H21N3O9S2/c1-3-23(4-2)13-6-5-12-9-15(19(24)30-18(12)10-13)20(34(27,28)29)22-16-11-14(33(25,26)32-21)7-8-17(16)31-20/h5-11,22H,3-4,21H2,1-2H3,(H,27,28,29). The number of nitrogens with one attached hydrogen (secondary N) is 1. The first kappa shape index (κ1) is 24.0. The van der Waals surface area contributed by atoms with Crippen molar-refractivity contribution in [2.24, 2.45) is 5.90 Å². The summed E-state index contributed by atoms with van der Waals surface area (Å²) in [4.78, 5) is 14.5. The summed E-state index contributed by atoms with van der Waals surface area (Å²) in [6, 6.07) is 9.46. The molecule has 12 nitrogen and oxygen atoms in total. The highest BCUT2D eigenvalue weighted by molar-refractivity contribution is 7.87. The molecule has 4 N–H and O–H groups in total. The number of rotatable bonds is 7. The number of hydrogen-bond donors (Lipinski definition) is 3. The van der Waals surface area contributed by atoms with Crippen LogP contribution in [-0.2, 0) is 29.6 Å². The third kappa shape index (κ3) is 3.78. The molecule has 4 rings (SSSR count). The topological polar surface area (TPSA) is 178 Å². The molecule has 1 atom stereocenters. The smallest absolute Gasteiger partial charge is 0.346 e. The van der Waals surface area contributed by atoms with Crippen molar-refractivity contribution in [3.63, 3.8) is 0 Å². The Bertz CT molecular complexity index is 1550. The largest absolute Gasteiger partial charge is 0.446 e. The Hall–Kier alpha value is -3.17. The molecule has 0 bridgehead atoms. The van der Waals surface area contributed by atoms with Gasteiger partial charge in [-0.25, -0.2) is 4.79 Å². The van der Waals surface area contributed by atoms with E-state index < -0.39 is 41.4 Å². The van der Waals surface area contributed by atoms with Gasteiger partial charge in [0.15, 0.2) is 0 Å². The van der Waals surface area contributed by atoms with Gasteiger partial charge in [0, 0.05) is 30.2 Å². The number of nitrogens with zero attached hydrogens (tertiary/aromatic N) is 1. The van der Waals surface area contributed by atoms with Crippen LogP contribution in [0.3, 0.4) is 0 Å². The van der Waals surface area contributed by atoms with Crippen molar-refractivity contribution in [1.82, 2.24) is 0 Å². The second-order valence-electron chi connectivity index (χ2n) is 7.37. The van der Waals surface area contributed by atoms with Crippen LogP contribution in [0.2, 0.25) is 0 Å². The van der Waals surface area contributed by atoms with Crippen LogP contribution in [0.25, 0.3) is 11.0 Å². The molecule has 0 fully saturated rings. The van der Waals surface area contributed by atoms with Crippen molar-refractivity contribution in [3.8, 4) is 5.75 Å². The number of nitrogens with two attached hydrogens (primary N) is 1. The fourth-order valence-electron chi connectivity index (χ4n) is 3.76. The molecule has 14 heteroatoms. The molecule has 0 aliphatic carbocycles. The minimum absolute atomic E-state index is 0.146. The van der Waals surface area contributed by atoms with Crippen LogP contribution in [0, 0.1) is 0 Å². The molecule has 0 saturated carbocycles. The van der Waals surface area contributed by atoms with E-state index in [0.717, 1.165) is 37.0 Å². The Kier molecular flexibility index (Phi) is 5.81. The van der Waals surface area contributed by atoms with Crippen LogP contribution in [0.4, 0.5) is 11.4 Å². The summed E-state index contributed by atoms with van der Waals surface area (Å²) in [5.74, 6) is 4.64. The maximum atomic E-state index is 12.9. The summed E-state index contributed by atoms with van der Waals surface area (Å²) in [5, 5.41) is -0.00905. The average molecular weight is 512 g/mol. The molecule has 3 aromatic rings. The lowest BCUT2D eigenvalue weighted by molar-refractivity contribution is 0.185. The van der Waals surface area contributed by atoms with E-state index in [4.69, 9.17) is 15.1 Å². The van der Waals surface area contributed by atoms with E-state index in [1.807, 2.05) is 18.7 Å². The van der Waals surface area contributed by atoms with E-state index in [2.05, 4.69) is 9.60 Å². The minimum Gasteiger partial charge on any atom is -0.446 e. The number of ether oxygens (including phenoxy) is 1. The molecule has 2 heterocycles. The summed E-state index contributed by atoms with van der Waals surface area (Å²) in [5.41, 5.74) is -0.787. The molecule has 2 aromatic carbocycles. The number of anilines is 2. The zero-order valence-electron chi connectivity index (χ0n) is 18.0. The highest BCUT2D eigenvalue weighted by Crippen LogP contribution is 2.45. The van der Waals surface area contributed by atoms with Gasteiger partial charge in [0.25, 0.3) is 0 Å². The first-order valence-corrected chi connectivity index (χ1v) is 12.9. The molecule has 1 aliphatic heterocycles. The Morgan fingerprint density at radius 2 is 1.79 bits per heavy atom. The van der Waals surface area contributed by atoms with Gasteiger partial charge < -0.3 is 19.4 Å². The first-order chi connectivity index (χ1) is 16.0. The molecular weight excluding hydrogens is 490 g/mol. The van der Waals surface area contributed by atoms with Crippen molar-refractivity contribution >= 4 is 42.6 Å².